The minimum atomic E-state index is -0.360. The highest BCUT2D eigenvalue weighted by Gasteiger charge is 2.27. The lowest BCUT2D eigenvalue weighted by Gasteiger charge is -2.31. The average Bonchev–Trinajstić information content (AvgIpc) is 2.37. The van der Waals surface area contributed by atoms with Crippen LogP contribution >= 0.6 is 23.2 Å². The predicted molar refractivity (Wildman–Crippen MR) is 74.3 cm³/mol. The zero-order valence-electron chi connectivity index (χ0n) is 10.2. The van der Waals surface area contributed by atoms with Crippen LogP contribution in [0.15, 0.2) is 18.2 Å². The molecule has 0 spiro atoms. The summed E-state index contributed by atoms with van der Waals surface area (Å²) in [6.07, 6.45) is 1.50. The van der Waals surface area contributed by atoms with Crippen LogP contribution in [0.1, 0.15) is 23.2 Å². The fourth-order valence-corrected chi connectivity index (χ4v) is 2.78. The summed E-state index contributed by atoms with van der Waals surface area (Å²) in [6.45, 7) is 0.977. The highest BCUT2D eigenvalue weighted by Crippen LogP contribution is 2.23. The van der Waals surface area contributed by atoms with E-state index in [2.05, 4.69) is 0 Å². The number of likely N-dealkylation sites (tertiary alicyclic amines) is 1. The smallest absolute Gasteiger partial charge is 0.253 e. The van der Waals surface area contributed by atoms with Crippen LogP contribution in [0, 0.1) is 5.92 Å². The van der Waals surface area contributed by atoms with Gasteiger partial charge in [-0.15, -0.1) is 0 Å². The molecule has 102 valence electrons. The maximum Gasteiger partial charge on any atom is 0.253 e. The topological polar surface area (TPSA) is 63.4 Å². The van der Waals surface area contributed by atoms with Gasteiger partial charge in [0.25, 0.3) is 5.91 Å². The second-order valence-corrected chi connectivity index (χ2v) is 5.52. The molecule has 1 aliphatic heterocycles. The van der Waals surface area contributed by atoms with E-state index in [1.54, 1.807) is 23.1 Å². The Balaban J connectivity index is 2.16. The lowest BCUT2D eigenvalue weighted by Crippen LogP contribution is -2.44. The number of hydrogen-bond donors (Lipinski definition) is 1. The Bertz CT molecular complexity index is 499. The second-order valence-electron chi connectivity index (χ2n) is 4.65. The number of nitrogens with zero attached hydrogens (tertiary/aromatic N) is 1. The third-order valence-corrected chi connectivity index (χ3v) is 3.66. The highest BCUT2D eigenvalue weighted by molar-refractivity contribution is 6.35. The summed E-state index contributed by atoms with van der Waals surface area (Å²) in [7, 11) is 0. The second kappa shape index (κ2) is 5.80. The van der Waals surface area contributed by atoms with E-state index in [0.717, 1.165) is 12.8 Å². The van der Waals surface area contributed by atoms with E-state index in [1.807, 2.05) is 0 Å². The zero-order chi connectivity index (χ0) is 14.0. The summed E-state index contributed by atoms with van der Waals surface area (Å²) in [5.41, 5.74) is 5.73. The van der Waals surface area contributed by atoms with Crippen molar-refractivity contribution in [1.82, 2.24) is 4.90 Å². The molecule has 0 aliphatic carbocycles. The van der Waals surface area contributed by atoms with E-state index in [0.29, 0.717) is 28.7 Å². The summed E-state index contributed by atoms with van der Waals surface area (Å²) in [4.78, 5) is 25.2. The molecule has 1 aromatic carbocycles. The average molecular weight is 301 g/mol. The van der Waals surface area contributed by atoms with Gasteiger partial charge in [0, 0.05) is 28.7 Å². The summed E-state index contributed by atoms with van der Waals surface area (Å²) >= 11 is 11.8. The number of nitrogens with two attached hydrogens (primary N) is 1. The van der Waals surface area contributed by atoms with Gasteiger partial charge in [-0.05, 0) is 31.0 Å². The molecule has 6 heteroatoms. The molecular weight excluding hydrogens is 287 g/mol. The van der Waals surface area contributed by atoms with Gasteiger partial charge in [-0.1, -0.05) is 23.2 Å². The molecule has 0 bridgehead atoms. The van der Waals surface area contributed by atoms with Gasteiger partial charge in [0.15, 0.2) is 0 Å². The van der Waals surface area contributed by atoms with Gasteiger partial charge in [-0.3, -0.25) is 9.59 Å². The summed E-state index contributed by atoms with van der Waals surface area (Å²) in [5.74, 6) is -0.802. The monoisotopic (exact) mass is 300 g/mol. The molecule has 1 atom stereocenters. The Morgan fingerprint density at radius 1 is 1.21 bits per heavy atom. The summed E-state index contributed by atoms with van der Waals surface area (Å²) < 4.78 is 0. The van der Waals surface area contributed by atoms with Gasteiger partial charge in [0.05, 0.1) is 5.92 Å². The standard InChI is InChI=1S/C13H14Cl2N2O2/c14-10-4-9(5-11(15)6-10)13(19)17-3-1-2-8(7-17)12(16)18/h4-6,8H,1-3,7H2,(H2,16,18)/t8-/m0/s1. The molecule has 1 fully saturated rings. The van der Waals surface area contributed by atoms with Gasteiger partial charge in [0.1, 0.15) is 0 Å². The molecule has 0 aromatic heterocycles. The van der Waals surface area contributed by atoms with Crippen molar-refractivity contribution < 1.29 is 9.59 Å². The molecular formula is C13H14Cl2N2O2. The number of amides is 2. The molecule has 2 N–H and O–H groups in total. The van der Waals surface area contributed by atoms with Crippen molar-refractivity contribution in [2.45, 2.75) is 12.8 Å². The molecule has 2 amide bonds. The Hall–Kier alpha value is -1.26. The molecule has 0 unspecified atom stereocenters. The van der Waals surface area contributed by atoms with E-state index < -0.39 is 0 Å². The number of carbonyl (C=O) groups is 2. The van der Waals surface area contributed by atoms with Gasteiger partial charge in [-0.2, -0.15) is 0 Å². The zero-order valence-corrected chi connectivity index (χ0v) is 11.7. The molecule has 1 heterocycles. The van der Waals surface area contributed by atoms with Crippen LogP contribution < -0.4 is 5.73 Å². The van der Waals surface area contributed by atoms with Crippen LogP contribution in [0.5, 0.6) is 0 Å². The molecule has 0 radical (unpaired) electrons. The van der Waals surface area contributed by atoms with Crippen LogP contribution in [-0.2, 0) is 4.79 Å². The molecule has 1 saturated heterocycles. The maximum absolute atomic E-state index is 12.3. The van der Waals surface area contributed by atoms with Crippen molar-refractivity contribution in [2.24, 2.45) is 11.7 Å². The minimum absolute atomic E-state index is 0.171. The lowest BCUT2D eigenvalue weighted by molar-refractivity contribution is -0.123. The number of primary amides is 1. The van der Waals surface area contributed by atoms with E-state index in [9.17, 15) is 9.59 Å². The van der Waals surface area contributed by atoms with Crippen molar-refractivity contribution in [3.05, 3.63) is 33.8 Å². The van der Waals surface area contributed by atoms with E-state index >= 15 is 0 Å². The number of piperidine rings is 1. The summed E-state index contributed by atoms with van der Waals surface area (Å²) in [5, 5.41) is 0.832. The summed E-state index contributed by atoms with van der Waals surface area (Å²) in [6, 6.07) is 4.72. The predicted octanol–water partition coefficient (Wildman–Crippen LogP) is 2.33. The molecule has 1 aromatic rings. The largest absolute Gasteiger partial charge is 0.369 e. The first-order chi connectivity index (χ1) is 8.97. The molecule has 19 heavy (non-hydrogen) atoms. The fourth-order valence-electron chi connectivity index (χ4n) is 2.25. The SMILES string of the molecule is NC(=O)[C@H]1CCCN(C(=O)c2cc(Cl)cc(Cl)c2)C1. The van der Waals surface area contributed by atoms with Crippen LogP contribution in [0.25, 0.3) is 0 Å². The van der Waals surface area contributed by atoms with Gasteiger partial charge in [-0.25, -0.2) is 0 Å². The molecule has 2 rings (SSSR count). The van der Waals surface area contributed by atoms with Crippen LogP contribution in [0.3, 0.4) is 0 Å². The van der Waals surface area contributed by atoms with Crippen molar-refractivity contribution in [3.63, 3.8) is 0 Å². The fraction of sp³-hybridized carbons (Fsp3) is 0.385. The third-order valence-electron chi connectivity index (χ3n) is 3.22. The quantitative estimate of drug-likeness (QED) is 0.911. The Morgan fingerprint density at radius 3 is 2.42 bits per heavy atom. The number of rotatable bonds is 2. The van der Waals surface area contributed by atoms with Crippen molar-refractivity contribution in [2.75, 3.05) is 13.1 Å². The Labute approximate surface area is 121 Å². The van der Waals surface area contributed by atoms with E-state index in [4.69, 9.17) is 28.9 Å². The van der Waals surface area contributed by atoms with E-state index in [-0.39, 0.29) is 17.7 Å². The normalized spacial score (nSPS) is 19.3. The highest BCUT2D eigenvalue weighted by atomic mass is 35.5. The Kier molecular flexibility index (Phi) is 4.32. The van der Waals surface area contributed by atoms with Crippen LogP contribution in [-0.4, -0.2) is 29.8 Å². The van der Waals surface area contributed by atoms with Crippen LogP contribution in [0.2, 0.25) is 10.0 Å². The van der Waals surface area contributed by atoms with Gasteiger partial charge in [0.2, 0.25) is 5.91 Å². The lowest BCUT2D eigenvalue weighted by atomic mass is 9.97. The third kappa shape index (κ3) is 3.39. The van der Waals surface area contributed by atoms with Gasteiger partial charge < -0.3 is 10.6 Å². The molecule has 4 nitrogen and oxygen atoms in total. The van der Waals surface area contributed by atoms with Gasteiger partial charge >= 0.3 is 0 Å². The number of hydrogen-bond acceptors (Lipinski definition) is 2. The first-order valence-electron chi connectivity index (χ1n) is 6.02. The number of halogens is 2. The van der Waals surface area contributed by atoms with E-state index in [1.165, 1.54) is 0 Å². The maximum atomic E-state index is 12.3. The first kappa shape index (κ1) is 14.2. The number of benzene rings is 1. The van der Waals surface area contributed by atoms with Crippen molar-refractivity contribution in [1.29, 1.82) is 0 Å². The molecule has 0 saturated carbocycles. The van der Waals surface area contributed by atoms with Crippen molar-refractivity contribution in [3.8, 4) is 0 Å². The number of carbonyl (C=O) groups excluding carboxylic acids is 2. The molecule has 1 aliphatic rings. The first-order valence-corrected chi connectivity index (χ1v) is 6.77. The Morgan fingerprint density at radius 2 is 1.84 bits per heavy atom. The van der Waals surface area contributed by atoms with Crippen molar-refractivity contribution >= 4 is 35.0 Å². The minimum Gasteiger partial charge on any atom is -0.369 e. The van der Waals surface area contributed by atoms with Crippen LogP contribution in [0.4, 0.5) is 0 Å².